The quantitative estimate of drug-likeness (QED) is 0.871. The van der Waals surface area contributed by atoms with E-state index in [0.717, 1.165) is 44.3 Å². The zero-order valence-corrected chi connectivity index (χ0v) is 14.0. The molecule has 2 amide bonds. The number of carbonyl (C=O) groups is 1. The molecule has 6 nitrogen and oxygen atoms in total. The van der Waals surface area contributed by atoms with E-state index >= 15 is 0 Å². The standard InChI is InChI=1S/C18H24N2O4/c1-17(8-10-22-11-9-17)20-16(21)19-13-4-5-14-15(12-13)24-18(23-14)6-2-3-7-18/h4-5,12H,2-3,6-11H2,1H3,(H2,19,20,21). The molecule has 4 rings (SSSR count). The molecule has 0 aromatic heterocycles. The molecule has 1 spiro atoms. The second kappa shape index (κ2) is 5.84. The fourth-order valence-electron chi connectivity index (χ4n) is 3.67. The van der Waals surface area contributed by atoms with Crippen LogP contribution in [0, 0.1) is 0 Å². The van der Waals surface area contributed by atoms with Crippen molar-refractivity contribution in [2.45, 2.75) is 56.8 Å². The highest BCUT2D eigenvalue weighted by Crippen LogP contribution is 2.47. The van der Waals surface area contributed by atoms with Crippen molar-refractivity contribution in [3.8, 4) is 11.5 Å². The summed E-state index contributed by atoms with van der Waals surface area (Å²) in [7, 11) is 0. The smallest absolute Gasteiger partial charge is 0.319 e. The normalized spacial score (nSPS) is 23.2. The monoisotopic (exact) mass is 332 g/mol. The molecule has 1 aliphatic carbocycles. The van der Waals surface area contributed by atoms with Crippen LogP contribution < -0.4 is 20.1 Å². The summed E-state index contributed by atoms with van der Waals surface area (Å²) in [5, 5.41) is 5.95. The Morgan fingerprint density at radius 3 is 2.50 bits per heavy atom. The van der Waals surface area contributed by atoms with Crippen LogP contribution in [0.2, 0.25) is 0 Å². The molecule has 0 radical (unpaired) electrons. The summed E-state index contributed by atoms with van der Waals surface area (Å²) in [5.41, 5.74) is 0.493. The molecule has 1 saturated carbocycles. The number of amides is 2. The summed E-state index contributed by atoms with van der Waals surface area (Å²) in [5.74, 6) is 1.00. The molecule has 0 bridgehead atoms. The zero-order chi connectivity index (χ0) is 16.6. The van der Waals surface area contributed by atoms with Crippen molar-refractivity contribution >= 4 is 11.7 Å². The minimum atomic E-state index is -0.473. The van der Waals surface area contributed by atoms with E-state index in [-0.39, 0.29) is 11.6 Å². The number of benzene rings is 1. The van der Waals surface area contributed by atoms with Crippen molar-refractivity contribution < 1.29 is 19.0 Å². The summed E-state index contributed by atoms with van der Waals surface area (Å²) in [6.45, 7) is 3.42. The Bertz CT molecular complexity index is 634. The van der Waals surface area contributed by atoms with E-state index in [1.807, 2.05) is 18.2 Å². The first-order chi connectivity index (χ1) is 11.6. The van der Waals surface area contributed by atoms with E-state index in [0.29, 0.717) is 24.7 Å². The topological polar surface area (TPSA) is 68.8 Å². The number of ether oxygens (including phenoxy) is 3. The Kier molecular flexibility index (Phi) is 3.79. The van der Waals surface area contributed by atoms with Crippen LogP contribution in [0.15, 0.2) is 18.2 Å². The van der Waals surface area contributed by atoms with E-state index in [1.54, 1.807) is 0 Å². The van der Waals surface area contributed by atoms with Crippen molar-refractivity contribution in [2.75, 3.05) is 18.5 Å². The van der Waals surface area contributed by atoms with Crippen molar-refractivity contribution in [3.05, 3.63) is 18.2 Å². The van der Waals surface area contributed by atoms with Gasteiger partial charge in [0.2, 0.25) is 0 Å². The lowest BCUT2D eigenvalue weighted by molar-refractivity contribution is -0.0716. The maximum absolute atomic E-state index is 12.3. The molecule has 2 N–H and O–H groups in total. The number of rotatable bonds is 2. The van der Waals surface area contributed by atoms with Crippen LogP contribution in [0.1, 0.15) is 45.4 Å². The Morgan fingerprint density at radius 2 is 1.75 bits per heavy atom. The minimum absolute atomic E-state index is 0.200. The third kappa shape index (κ3) is 3.02. The predicted molar refractivity (Wildman–Crippen MR) is 89.5 cm³/mol. The van der Waals surface area contributed by atoms with Crippen LogP contribution in [0.5, 0.6) is 11.5 Å². The van der Waals surface area contributed by atoms with Gasteiger partial charge in [-0.05, 0) is 44.7 Å². The summed E-state index contributed by atoms with van der Waals surface area (Å²) < 4.78 is 17.4. The van der Waals surface area contributed by atoms with Crippen molar-refractivity contribution in [3.63, 3.8) is 0 Å². The molecule has 1 aromatic rings. The molecule has 0 atom stereocenters. The molecule has 1 aromatic carbocycles. The molecular weight excluding hydrogens is 308 g/mol. The van der Waals surface area contributed by atoms with Gasteiger partial charge in [0, 0.05) is 43.3 Å². The SMILES string of the molecule is CC1(NC(=O)Nc2ccc3c(c2)OC2(CCCC2)O3)CCOCC1. The summed E-state index contributed by atoms with van der Waals surface area (Å²) >= 11 is 0. The van der Waals surface area contributed by atoms with E-state index in [4.69, 9.17) is 14.2 Å². The number of hydrogen-bond donors (Lipinski definition) is 2. The van der Waals surface area contributed by atoms with Crippen molar-refractivity contribution in [1.29, 1.82) is 0 Å². The predicted octanol–water partition coefficient (Wildman–Crippen LogP) is 3.42. The maximum atomic E-state index is 12.3. The van der Waals surface area contributed by atoms with Gasteiger partial charge in [-0.1, -0.05) is 0 Å². The Labute approximate surface area is 141 Å². The molecule has 2 aliphatic heterocycles. The zero-order valence-electron chi connectivity index (χ0n) is 14.0. The lowest BCUT2D eigenvalue weighted by atomic mass is 9.93. The Balaban J connectivity index is 1.40. The average molecular weight is 332 g/mol. The lowest BCUT2D eigenvalue weighted by Crippen LogP contribution is -2.51. The number of urea groups is 1. The van der Waals surface area contributed by atoms with Gasteiger partial charge in [-0.15, -0.1) is 0 Å². The van der Waals surface area contributed by atoms with Gasteiger partial charge in [0.25, 0.3) is 5.79 Å². The first-order valence-electron chi connectivity index (χ1n) is 8.75. The third-order valence-corrected chi connectivity index (χ3v) is 5.17. The second-order valence-corrected chi connectivity index (χ2v) is 7.24. The molecule has 24 heavy (non-hydrogen) atoms. The molecule has 1 saturated heterocycles. The van der Waals surface area contributed by atoms with E-state index in [1.165, 1.54) is 0 Å². The highest BCUT2D eigenvalue weighted by atomic mass is 16.7. The average Bonchev–Trinajstić information content (AvgIpc) is 3.13. The van der Waals surface area contributed by atoms with Gasteiger partial charge in [-0.2, -0.15) is 0 Å². The van der Waals surface area contributed by atoms with Crippen molar-refractivity contribution in [1.82, 2.24) is 5.32 Å². The molecule has 130 valence electrons. The minimum Gasteiger partial charge on any atom is -0.448 e. The molecule has 3 aliphatic rings. The fourth-order valence-corrected chi connectivity index (χ4v) is 3.67. The van der Waals surface area contributed by atoms with Gasteiger partial charge < -0.3 is 24.8 Å². The van der Waals surface area contributed by atoms with Gasteiger partial charge in [-0.3, -0.25) is 0 Å². The van der Waals surface area contributed by atoms with Gasteiger partial charge >= 0.3 is 6.03 Å². The van der Waals surface area contributed by atoms with Crippen LogP contribution in [0.3, 0.4) is 0 Å². The molecule has 2 fully saturated rings. The highest BCUT2D eigenvalue weighted by Gasteiger charge is 2.44. The molecular formula is C18H24N2O4. The highest BCUT2D eigenvalue weighted by molar-refractivity contribution is 5.90. The molecule has 0 unspecified atom stereocenters. The van der Waals surface area contributed by atoms with Crippen LogP contribution >= 0.6 is 0 Å². The lowest BCUT2D eigenvalue weighted by Gasteiger charge is -2.34. The van der Waals surface area contributed by atoms with E-state index in [2.05, 4.69) is 17.6 Å². The van der Waals surface area contributed by atoms with Gasteiger partial charge in [0.15, 0.2) is 11.5 Å². The number of hydrogen-bond acceptors (Lipinski definition) is 4. The van der Waals surface area contributed by atoms with Crippen molar-refractivity contribution in [2.24, 2.45) is 0 Å². The largest absolute Gasteiger partial charge is 0.448 e. The number of fused-ring (bicyclic) bond motifs is 1. The molecule has 2 heterocycles. The van der Waals surface area contributed by atoms with E-state index < -0.39 is 5.79 Å². The fraction of sp³-hybridized carbons (Fsp3) is 0.611. The number of nitrogens with one attached hydrogen (secondary N) is 2. The summed E-state index contributed by atoms with van der Waals surface area (Å²) in [4.78, 5) is 12.3. The first kappa shape index (κ1) is 15.6. The first-order valence-corrected chi connectivity index (χ1v) is 8.75. The number of carbonyl (C=O) groups excluding carboxylic acids is 1. The second-order valence-electron chi connectivity index (χ2n) is 7.24. The van der Waals surface area contributed by atoms with Crippen LogP contribution in [-0.2, 0) is 4.74 Å². The van der Waals surface area contributed by atoms with Gasteiger partial charge in [0.05, 0.1) is 0 Å². The summed E-state index contributed by atoms with van der Waals surface area (Å²) in [6.07, 6.45) is 5.75. The maximum Gasteiger partial charge on any atom is 0.319 e. The van der Waals surface area contributed by atoms with E-state index in [9.17, 15) is 4.79 Å². The Morgan fingerprint density at radius 1 is 1.04 bits per heavy atom. The Hall–Kier alpha value is -1.95. The number of anilines is 1. The summed E-state index contributed by atoms with van der Waals surface area (Å²) in [6, 6.07) is 5.36. The van der Waals surface area contributed by atoms with Crippen LogP contribution in [-0.4, -0.2) is 30.6 Å². The third-order valence-electron chi connectivity index (χ3n) is 5.17. The molecule has 6 heteroatoms. The van der Waals surface area contributed by atoms with Gasteiger partial charge in [-0.25, -0.2) is 4.79 Å². The van der Waals surface area contributed by atoms with Gasteiger partial charge in [0.1, 0.15) is 0 Å². The van der Waals surface area contributed by atoms with Crippen LogP contribution in [0.4, 0.5) is 10.5 Å². The van der Waals surface area contributed by atoms with Crippen LogP contribution in [0.25, 0.3) is 0 Å².